The lowest BCUT2D eigenvalue weighted by Crippen LogP contribution is -2.29. The van der Waals surface area contributed by atoms with E-state index >= 15 is 0 Å². The average molecular weight is 293 g/mol. The SMILES string of the molecule is CC(NCCSc1ccc2c(c1)OCCCO2)C1CC1. The molecule has 3 rings (SSSR count). The van der Waals surface area contributed by atoms with E-state index in [0.29, 0.717) is 6.04 Å². The van der Waals surface area contributed by atoms with Gasteiger partial charge in [-0.2, -0.15) is 0 Å². The van der Waals surface area contributed by atoms with Crippen LogP contribution in [0.3, 0.4) is 0 Å². The number of thioether (sulfide) groups is 1. The van der Waals surface area contributed by atoms with Crippen LogP contribution < -0.4 is 14.8 Å². The van der Waals surface area contributed by atoms with Gasteiger partial charge in [0.2, 0.25) is 0 Å². The molecular weight excluding hydrogens is 270 g/mol. The first-order chi connectivity index (χ1) is 9.83. The standard InChI is InChI=1S/C16H23NO2S/c1-12(13-3-4-13)17-7-10-20-14-5-6-15-16(11-14)19-9-2-8-18-15/h5-6,11-13,17H,2-4,7-10H2,1H3. The van der Waals surface area contributed by atoms with Crippen molar-refractivity contribution in [3.8, 4) is 11.5 Å². The van der Waals surface area contributed by atoms with Gasteiger partial charge >= 0.3 is 0 Å². The molecule has 1 heterocycles. The first-order valence-corrected chi connectivity index (χ1v) is 8.57. The van der Waals surface area contributed by atoms with Crippen LogP contribution in [-0.2, 0) is 0 Å². The van der Waals surface area contributed by atoms with Crippen molar-refractivity contribution in [1.82, 2.24) is 5.32 Å². The lowest BCUT2D eigenvalue weighted by molar-refractivity contribution is 0.297. The van der Waals surface area contributed by atoms with E-state index in [0.717, 1.165) is 49.3 Å². The molecule has 3 nitrogen and oxygen atoms in total. The molecule has 0 bridgehead atoms. The minimum Gasteiger partial charge on any atom is -0.490 e. The van der Waals surface area contributed by atoms with Crippen molar-refractivity contribution in [2.45, 2.75) is 37.1 Å². The maximum absolute atomic E-state index is 5.72. The number of nitrogens with one attached hydrogen (secondary N) is 1. The fourth-order valence-corrected chi connectivity index (χ4v) is 3.26. The van der Waals surface area contributed by atoms with Crippen LogP contribution in [0.1, 0.15) is 26.2 Å². The van der Waals surface area contributed by atoms with E-state index in [4.69, 9.17) is 9.47 Å². The lowest BCUT2D eigenvalue weighted by Gasteiger charge is -2.12. The van der Waals surface area contributed by atoms with Gasteiger partial charge in [-0.3, -0.25) is 0 Å². The molecule has 0 aromatic heterocycles. The van der Waals surface area contributed by atoms with Crippen molar-refractivity contribution in [2.24, 2.45) is 5.92 Å². The Morgan fingerprint density at radius 2 is 2.05 bits per heavy atom. The molecule has 1 atom stereocenters. The van der Waals surface area contributed by atoms with E-state index < -0.39 is 0 Å². The zero-order chi connectivity index (χ0) is 13.8. The van der Waals surface area contributed by atoms with E-state index in [1.54, 1.807) is 0 Å². The Morgan fingerprint density at radius 1 is 1.25 bits per heavy atom. The Balaban J connectivity index is 1.46. The van der Waals surface area contributed by atoms with Crippen molar-refractivity contribution in [1.29, 1.82) is 0 Å². The number of benzene rings is 1. The topological polar surface area (TPSA) is 30.5 Å². The summed E-state index contributed by atoms with van der Waals surface area (Å²) in [5, 5.41) is 3.61. The zero-order valence-electron chi connectivity index (χ0n) is 12.1. The van der Waals surface area contributed by atoms with Gasteiger partial charge in [0.15, 0.2) is 11.5 Å². The number of fused-ring (bicyclic) bond motifs is 1. The predicted molar refractivity (Wildman–Crippen MR) is 83.0 cm³/mol. The Labute approximate surface area is 125 Å². The van der Waals surface area contributed by atoms with Gasteiger partial charge in [-0.25, -0.2) is 0 Å². The van der Waals surface area contributed by atoms with E-state index in [-0.39, 0.29) is 0 Å². The Kier molecular flexibility index (Phi) is 4.73. The molecule has 0 amide bonds. The van der Waals surface area contributed by atoms with Crippen molar-refractivity contribution < 1.29 is 9.47 Å². The van der Waals surface area contributed by atoms with Gasteiger partial charge in [0.05, 0.1) is 13.2 Å². The van der Waals surface area contributed by atoms with Crippen molar-refractivity contribution in [3.63, 3.8) is 0 Å². The molecule has 1 aliphatic carbocycles. The largest absolute Gasteiger partial charge is 0.490 e. The second-order valence-electron chi connectivity index (χ2n) is 5.59. The molecule has 1 saturated carbocycles. The van der Waals surface area contributed by atoms with E-state index in [1.807, 2.05) is 17.8 Å². The summed E-state index contributed by atoms with van der Waals surface area (Å²) in [7, 11) is 0. The van der Waals surface area contributed by atoms with Crippen molar-refractivity contribution >= 4 is 11.8 Å². The quantitative estimate of drug-likeness (QED) is 0.644. The highest BCUT2D eigenvalue weighted by molar-refractivity contribution is 7.99. The monoisotopic (exact) mass is 293 g/mol. The first-order valence-electron chi connectivity index (χ1n) is 7.59. The molecule has 1 aliphatic heterocycles. The fraction of sp³-hybridized carbons (Fsp3) is 0.625. The summed E-state index contributed by atoms with van der Waals surface area (Å²) < 4.78 is 11.4. The van der Waals surface area contributed by atoms with Crippen LogP contribution in [0.5, 0.6) is 11.5 Å². The summed E-state index contributed by atoms with van der Waals surface area (Å²) >= 11 is 1.88. The van der Waals surface area contributed by atoms with Gasteiger partial charge in [0, 0.05) is 29.7 Å². The van der Waals surface area contributed by atoms with E-state index in [2.05, 4.69) is 24.4 Å². The van der Waals surface area contributed by atoms with Gasteiger partial charge in [0.1, 0.15) is 0 Å². The van der Waals surface area contributed by atoms with Crippen LogP contribution in [0.4, 0.5) is 0 Å². The summed E-state index contributed by atoms with van der Waals surface area (Å²) in [5.41, 5.74) is 0. The smallest absolute Gasteiger partial charge is 0.162 e. The highest BCUT2D eigenvalue weighted by Gasteiger charge is 2.27. The number of rotatable bonds is 6. The number of hydrogen-bond acceptors (Lipinski definition) is 4. The molecule has 1 N–H and O–H groups in total. The molecule has 4 heteroatoms. The molecule has 1 aromatic carbocycles. The van der Waals surface area contributed by atoms with Gasteiger partial charge in [-0.15, -0.1) is 11.8 Å². The average Bonchev–Trinajstić information content (AvgIpc) is 3.29. The Morgan fingerprint density at radius 3 is 2.85 bits per heavy atom. The maximum Gasteiger partial charge on any atom is 0.162 e. The second-order valence-corrected chi connectivity index (χ2v) is 6.76. The van der Waals surface area contributed by atoms with Gasteiger partial charge in [-0.1, -0.05) is 0 Å². The first kappa shape index (κ1) is 14.1. The Hall–Kier alpha value is -0.870. The molecule has 2 aliphatic rings. The second kappa shape index (κ2) is 6.72. The highest BCUT2D eigenvalue weighted by Crippen LogP contribution is 2.34. The molecule has 110 valence electrons. The molecule has 1 fully saturated rings. The van der Waals surface area contributed by atoms with E-state index in [1.165, 1.54) is 17.7 Å². The minimum atomic E-state index is 0.680. The van der Waals surface area contributed by atoms with Crippen molar-refractivity contribution in [2.75, 3.05) is 25.5 Å². The van der Waals surface area contributed by atoms with E-state index in [9.17, 15) is 0 Å². The van der Waals surface area contributed by atoms with Crippen molar-refractivity contribution in [3.05, 3.63) is 18.2 Å². The lowest BCUT2D eigenvalue weighted by atomic mass is 10.2. The molecule has 0 saturated heterocycles. The van der Waals surface area contributed by atoms with Gasteiger partial charge in [0.25, 0.3) is 0 Å². The summed E-state index contributed by atoms with van der Waals surface area (Å²) in [4.78, 5) is 1.26. The number of hydrogen-bond donors (Lipinski definition) is 1. The normalized spacial score (nSPS) is 19.4. The third kappa shape index (κ3) is 3.83. The molecule has 1 aromatic rings. The van der Waals surface area contributed by atoms with Crippen LogP contribution in [-0.4, -0.2) is 31.6 Å². The molecule has 20 heavy (non-hydrogen) atoms. The summed E-state index contributed by atoms with van der Waals surface area (Å²) in [6.07, 6.45) is 3.77. The summed E-state index contributed by atoms with van der Waals surface area (Å²) in [5.74, 6) is 3.80. The fourth-order valence-electron chi connectivity index (χ4n) is 2.45. The molecule has 1 unspecified atom stereocenters. The molecule has 0 radical (unpaired) electrons. The van der Waals surface area contributed by atoms with Crippen LogP contribution in [0.25, 0.3) is 0 Å². The van der Waals surface area contributed by atoms with Gasteiger partial charge < -0.3 is 14.8 Å². The summed E-state index contributed by atoms with van der Waals surface area (Å²) in [6.45, 7) is 4.87. The van der Waals surface area contributed by atoms with Crippen LogP contribution in [0, 0.1) is 5.92 Å². The summed E-state index contributed by atoms with van der Waals surface area (Å²) in [6, 6.07) is 6.95. The molecular formula is C16H23NO2S. The van der Waals surface area contributed by atoms with Crippen LogP contribution >= 0.6 is 11.8 Å². The number of ether oxygens (including phenoxy) is 2. The third-order valence-corrected chi connectivity index (χ3v) is 4.88. The molecule has 0 spiro atoms. The third-order valence-electron chi connectivity index (χ3n) is 3.89. The Bertz CT molecular complexity index is 448. The highest BCUT2D eigenvalue weighted by atomic mass is 32.2. The van der Waals surface area contributed by atoms with Gasteiger partial charge in [-0.05, 0) is 43.9 Å². The maximum atomic E-state index is 5.72. The predicted octanol–water partition coefficient (Wildman–Crippen LogP) is 3.33. The zero-order valence-corrected chi connectivity index (χ0v) is 12.9. The van der Waals surface area contributed by atoms with Crippen LogP contribution in [0.2, 0.25) is 0 Å². The van der Waals surface area contributed by atoms with Crippen LogP contribution in [0.15, 0.2) is 23.1 Å². The minimum absolute atomic E-state index is 0.680.